The van der Waals surface area contributed by atoms with Gasteiger partial charge in [0, 0.05) is 26.2 Å². The fourth-order valence-corrected chi connectivity index (χ4v) is 4.98. The first kappa shape index (κ1) is 16.1. The van der Waals surface area contributed by atoms with Gasteiger partial charge in [0.15, 0.2) is 5.00 Å². The lowest BCUT2D eigenvalue weighted by Crippen LogP contribution is -2.45. The number of hydrogen-bond donors (Lipinski definition) is 1. The molecule has 0 saturated carbocycles. The van der Waals surface area contributed by atoms with Crippen LogP contribution < -0.4 is 5.32 Å². The lowest BCUT2D eigenvalue weighted by Gasteiger charge is -2.31. The Balaban J connectivity index is 2.33. The highest BCUT2D eigenvalue weighted by molar-refractivity contribution is 7.91. The van der Waals surface area contributed by atoms with Crippen molar-refractivity contribution in [2.75, 3.05) is 32.1 Å². The first-order valence-electron chi connectivity index (χ1n) is 6.47. The zero-order chi connectivity index (χ0) is 15.6. The van der Waals surface area contributed by atoms with Crippen molar-refractivity contribution in [2.24, 2.45) is 0 Å². The van der Waals surface area contributed by atoms with Gasteiger partial charge in [-0.1, -0.05) is 18.3 Å². The molecule has 0 bridgehead atoms. The Kier molecular flexibility index (Phi) is 4.81. The van der Waals surface area contributed by atoms with Crippen LogP contribution in [-0.2, 0) is 14.8 Å². The van der Waals surface area contributed by atoms with Crippen LogP contribution in [0.5, 0.6) is 0 Å². The average molecular weight is 335 g/mol. The van der Waals surface area contributed by atoms with Crippen LogP contribution in [-0.4, -0.2) is 50.5 Å². The summed E-state index contributed by atoms with van der Waals surface area (Å²) in [6, 6.07) is 1.11. The van der Waals surface area contributed by atoms with Gasteiger partial charge in [-0.05, 0) is 6.42 Å². The molecule has 1 aromatic rings. The lowest BCUT2D eigenvalue weighted by atomic mass is 10.2. The fourth-order valence-electron chi connectivity index (χ4n) is 2.09. The van der Waals surface area contributed by atoms with E-state index in [-0.39, 0.29) is 34.1 Å². The zero-order valence-electron chi connectivity index (χ0n) is 11.7. The van der Waals surface area contributed by atoms with Crippen molar-refractivity contribution in [1.29, 1.82) is 0 Å². The van der Waals surface area contributed by atoms with E-state index in [4.69, 9.17) is 4.74 Å². The third kappa shape index (κ3) is 3.18. The minimum absolute atomic E-state index is 0.0182. The molecule has 0 amide bonds. The van der Waals surface area contributed by atoms with E-state index < -0.39 is 14.9 Å². The number of thiophene rings is 1. The van der Waals surface area contributed by atoms with Crippen molar-refractivity contribution in [3.8, 4) is 0 Å². The first-order valence-corrected chi connectivity index (χ1v) is 8.73. The van der Waals surface area contributed by atoms with Crippen LogP contribution >= 0.6 is 11.3 Å². The van der Waals surface area contributed by atoms with Crippen molar-refractivity contribution >= 4 is 32.0 Å². The smallest absolute Gasteiger partial charge is 0.304 e. The van der Waals surface area contributed by atoms with Gasteiger partial charge in [0.1, 0.15) is 4.21 Å². The van der Waals surface area contributed by atoms with Crippen LogP contribution in [0.4, 0.5) is 10.7 Å². The zero-order valence-corrected chi connectivity index (χ0v) is 13.4. The minimum atomic E-state index is -3.72. The predicted octanol–water partition coefficient (Wildman–Crippen LogP) is 1.50. The minimum Gasteiger partial charge on any atom is -0.375 e. The SMILES string of the molecule is CCC1CN(S(=O)(=O)c2cc([N+](=O)[O-])c(NC)s2)CCO1. The molecular weight excluding hydrogens is 318 g/mol. The second-order valence-electron chi connectivity index (χ2n) is 4.55. The van der Waals surface area contributed by atoms with Gasteiger partial charge in [0.25, 0.3) is 10.0 Å². The highest BCUT2D eigenvalue weighted by Gasteiger charge is 2.33. The molecule has 118 valence electrons. The topological polar surface area (TPSA) is 102 Å². The van der Waals surface area contributed by atoms with E-state index in [0.29, 0.717) is 6.61 Å². The van der Waals surface area contributed by atoms with E-state index in [0.717, 1.165) is 23.8 Å². The summed E-state index contributed by atoms with van der Waals surface area (Å²) in [4.78, 5) is 10.4. The maximum Gasteiger partial charge on any atom is 0.304 e. The van der Waals surface area contributed by atoms with Crippen LogP contribution in [0.25, 0.3) is 0 Å². The molecule has 1 aliphatic rings. The maximum atomic E-state index is 12.6. The summed E-state index contributed by atoms with van der Waals surface area (Å²) in [7, 11) is -2.20. The van der Waals surface area contributed by atoms with E-state index in [9.17, 15) is 18.5 Å². The Labute approximate surface area is 126 Å². The summed E-state index contributed by atoms with van der Waals surface area (Å²) in [6.45, 7) is 2.80. The van der Waals surface area contributed by atoms with E-state index in [1.54, 1.807) is 0 Å². The molecule has 0 aliphatic carbocycles. The van der Waals surface area contributed by atoms with Crippen molar-refractivity contribution in [1.82, 2.24) is 4.31 Å². The molecule has 1 saturated heterocycles. The quantitative estimate of drug-likeness (QED) is 0.646. The molecule has 21 heavy (non-hydrogen) atoms. The number of morpholine rings is 1. The van der Waals surface area contributed by atoms with Gasteiger partial charge in [0.2, 0.25) is 0 Å². The molecule has 1 aromatic heterocycles. The summed E-state index contributed by atoms with van der Waals surface area (Å²) < 4.78 is 31.9. The highest BCUT2D eigenvalue weighted by Crippen LogP contribution is 2.38. The molecule has 1 aliphatic heterocycles. The van der Waals surface area contributed by atoms with Crippen molar-refractivity contribution < 1.29 is 18.1 Å². The van der Waals surface area contributed by atoms with Crippen LogP contribution in [0.15, 0.2) is 10.3 Å². The number of nitrogens with zero attached hydrogens (tertiary/aromatic N) is 2. The number of nitro groups is 1. The van der Waals surface area contributed by atoms with Crippen molar-refractivity contribution in [3.05, 3.63) is 16.2 Å². The molecule has 10 heteroatoms. The molecule has 1 fully saturated rings. The highest BCUT2D eigenvalue weighted by atomic mass is 32.2. The van der Waals surface area contributed by atoms with Gasteiger partial charge in [-0.3, -0.25) is 10.1 Å². The van der Waals surface area contributed by atoms with E-state index in [1.165, 1.54) is 11.4 Å². The Bertz CT molecular complexity index is 628. The van der Waals surface area contributed by atoms with E-state index in [1.807, 2.05) is 6.92 Å². The summed E-state index contributed by atoms with van der Waals surface area (Å²) in [5, 5.41) is 13.8. The number of nitrogens with one attached hydrogen (secondary N) is 1. The Morgan fingerprint density at radius 1 is 1.62 bits per heavy atom. The molecule has 1 atom stereocenters. The monoisotopic (exact) mass is 335 g/mol. The third-order valence-electron chi connectivity index (χ3n) is 3.26. The summed E-state index contributed by atoms with van der Waals surface area (Å²) in [5.74, 6) is 0. The van der Waals surface area contributed by atoms with Crippen LogP contribution in [0.1, 0.15) is 13.3 Å². The number of anilines is 1. The molecule has 0 radical (unpaired) electrons. The number of rotatable bonds is 5. The van der Waals surface area contributed by atoms with Crippen molar-refractivity contribution in [3.63, 3.8) is 0 Å². The normalized spacial score (nSPS) is 20.4. The van der Waals surface area contributed by atoms with Gasteiger partial charge >= 0.3 is 5.69 Å². The fraction of sp³-hybridized carbons (Fsp3) is 0.636. The van der Waals surface area contributed by atoms with Gasteiger partial charge < -0.3 is 10.1 Å². The molecule has 0 spiro atoms. The van der Waals surface area contributed by atoms with Gasteiger partial charge in [-0.15, -0.1) is 0 Å². The number of sulfonamides is 1. The molecular formula is C11H17N3O5S2. The standard InChI is InChI=1S/C11H17N3O5S2/c1-3-8-7-13(4-5-19-8)21(17,18)10-6-9(14(15)16)11(12-2)20-10/h6,8,12H,3-5,7H2,1-2H3. The third-order valence-corrected chi connectivity index (χ3v) is 6.72. The Morgan fingerprint density at radius 2 is 2.33 bits per heavy atom. The van der Waals surface area contributed by atoms with E-state index in [2.05, 4.69) is 5.32 Å². The largest absolute Gasteiger partial charge is 0.375 e. The average Bonchev–Trinajstić information content (AvgIpc) is 2.92. The molecule has 8 nitrogen and oxygen atoms in total. The number of hydrogen-bond acceptors (Lipinski definition) is 7. The van der Waals surface area contributed by atoms with Crippen molar-refractivity contribution in [2.45, 2.75) is 23.7 Å². The maximum absolute atomic E-state index is 12.6. The summed E-state index contributed by atoms with van der Waals surface area (Å²) in [6.07, 6.45) is 0.588. The van der Waals surface area contributed by atoms with Gasteiger partial charge in [-0.25, -0.2) is 8.42 Å². The molecule has 1 unspecified atom stereocenters. The van der Waals surface area contributed by atoms with Crippen LogP contribution in [0.2, 0.25) is 0 Å². The summed E-state index contributed by atoms with van der Waals surface area (Å²) >= 11 is 0.874. The molecule has 2 rings (SSSR count). The van der Waals surface area contributed by atoms with Crippen LogP contribution in [0.3, 0.4) is 0 Å². The summed E-state index contributed by atoms with van der Waals surface area (Å²) in [5.41, 5.74) is -0.221. The van der Waals surface area contributed by atoms with E-state index >= 15 is 0 Å². The predicted molar refractivity (Wildman–Crippen MR) is 79.3 cm³/mol. The van der Waals surface area contributed by atoms with Gasteiger partial charge in [0.05, 0.1) is 17.6 Å². The lowest BCUT2D eigenvalue weighted by molar-refractivity contribution is -0.383. The molecule has 2 heterocycles. The second-order valence-corrected chi connectivity index (χ2v) is 7.77. The Hall–Kier alpha value is -1.23. The van der Waals surface area contributed by atoms with Gasteiger partial charge in [-0.2, -0.15) is 4.31 Å². The van der Waals surface area contributed by atoms with Crippen LogP contribution in [0, 0.1) is 10.1 Å². The first-order chi connectivity index (χ1) is 9.90. The molecule has 0 aromatic carbocycles. The Morgan fingerprint density at radius 3 is 2.86 bits per heavy atom. The number of ether oxygens (including phenoxy) is 1. The molecule has 1 N–H and O–H groups in total. The second kappa shape index (κ2) is 6.26.